The molecule has 7 nitrogen and oxygen atoms in total. The van der Waals surface area contributed by atoms with Gasteiger partial charge in [-0.1, -0.05) is 0 Å². The van der Waals surface area contributed by atoms with Crippen molar-refractivity contribution in [3.05, 3.63) is 0 Å². The van der Waals surface area contributed by atoms with E-state index in [1.54, 1.807) is 0 Å². The average molecular weight is 358 g/mol. The SMILES string of the molecule is O=P([O-])([O-])OP(=O)([O-])[O-].[W]. The van der Waals surface area contributed by atoms with E-state index in [2.05, 4.69) is 4.31 Å². The molecule has 10 heteroatoms. The van der Waals surface area contributed by atoms with Crippen molar-refractivity contribution in [3.63, 3.8) is 0 Å². The van der Waals surface area contributed by atoms with Crippen LogP contribution < -0.4 is 19.6 Å². The van der Waals surface area contributed by atoms with Crippen LogP contribution in [0.5, 0.6) is 0 Å². The van der Waals surface area contributed by atoms with Gasteiger partial charge in [0, 0.05) is 21.1 Å². The fourth-order valence-corrected chi connectivity index (χ4v) is 1.10. The second-order valence-electron chi connectivity index (χ2n) is 0.976. The van der Waals surface area contributed by atoms with Gasteiger partial charge in [0.25, 0.3) is 0 Å². The Kier molecular flexibility index (Phi) is 5.54. The van der Waals surface area contributed by atoms with Crippen molar-refractivity contribution in [1.82, 2.24) is 0 Å². The molecule has 0 N–H and O–H groups in total. The maximum atomic E-state index is 9.32. The quantitative estimate of drug-likeness (QED) is 0.471. The molecular formula is O7P2W-4. The number of phosphoric acid groups is 2. The second-order valence-corrected chi connectivity index (χ2v) is 3.42. The Labute approximate surface area is 70.2 Å². The van der Waals surface area contributed by atoms with Gasteiger partial charge in [0.05, 0.1) is 15.6 Å². The predicted octanol–water partition coefficient (Wildman–Crippen LogP) is -3.34. The summed E-state index contributed by atoms with van der Waals surface area (Å²) >= 11 is 0. The fraction of sp³-hybridized carbons (Fsp3) is 0. The molecule has 0 heterocycles. The van der Waals surface area contributed by atoms with E-state index < -0.39 is 15.6 Å². The molecule has 0 aliphatic heterocycles. The van der Waals surface area contributed by atoms with Gasteiger partial charge in [0.15, 0.2) is 0 Å². The molecule has 62 valence electrons. The van der Waals surface area contributed by atoms with Crippen molar-refractivity contribution >= 4 is 15.6 Å². The van der Waals surface area contributed by atoms with Crippen molar-refractivity contribution in [2.75, 3.05) is 0 Å². The zero-order valence-corrected chi connectivity index (χ0v) is 8.88. The summed E-state index contributed by atoms with van der Waals surface area (Å²) in [7, 11) is -11.4. The summed E-state index contributed by atoms with van der Waals surface area (Å²) in [6, 6.07) is 0. The van der Waals surface area contributed by atoms with E-state index in [0.717, 1.165) is 0 Å². The second kappa shape index (κ2) is 4.09. The summed E-state index contributed by atoms with van der Waals surface area (Å²) in [5.74, 6) is 0. The van der Waals surface area contributed by atoms with Crippen LogP contribution in [0.25, 0.3) is 0 Å². The molecule has 0 aromatic rings. The molecule has 0 atom stereocenters. The Morgan fingerprint density at radius 2 is 1.10 bits per heavy atom. The summed E-state index contributed by atoms with van der Waals surface area (Å²) in [4.78, 5) is 37.3. The van der Waals surface area contributed by atoms with Crippen LogP contribution in [0.15, 0.2) is 0 Å². The molecular weight excluding hydrogens is 358 g/mol. The van der Waals surface area contributed by atoms with Crippen molar-refractivity contribution in [3.8, 4) is 0 Å². The third-order valence-electron chi connectivity index (χ3n) is 0.200. The fourth-order valence-electron chi connectivity index (χ4n) is 0.122. The first-order chi connectivity index (χ1) is 3.71. The molecule has 0 aliphatic carbocycles. The third-order valence-corrected chi connectivity index (χ3v) is 1.80. The third kappa shape index (κ3) is 11.7. The van der Waals surface area contributed by atoms with E-state index in [1.807, 2.05) is 0 Å². The Hall–Kier alpha value is 0.948. The zero-order valence-electron chi connectivity index (χ0n) is 4.16. The summed E-state index contributed by atoms with van der Waals surface area (Å²) in [5.41, 5.74) is 0. The molecule has 0 amide bonds. The van der Waals surface area contributed by atoms with E-state index in [4.69, 9.17) is 0 Å². The molecule has 0 unspecified atom stereocenters. The maximum Gasteiger partial charge on any atom is 0.0655 e. The van der Waals surface area contributed by atoms with Crippen LogP contribution >= 0.6 is 15.6 Å². The number of rotatable bonds is 2. The predicted molar refractivity (Wildman–Crippen MR) is 16.3 cm³/mol. The van der Waals surface area contributed by atoms with Crippen LogP contribution in [0.4, 0.5) is 0 Å². The van der Waals surface area contributed by atoms with Gasteiger partial charge in [-0.3, -0.25) is 0 Å². The van der Waals surface area contributed by atoms with Gasteiger partial charge in [-0.2, -0.15) is 0 Å². The molecule has 0 aromatic heterocycles. The number of hydrogen-bond acceptors (Lipinski definition) is 7. The van der Waals surface area contributed by atoms with Gasteiger partial charge in [0.1, 0.15) is 0 Å². The molecule has 0 fully saturated rings. The standard InChI is InChI=1S/H4O7P2.W/c1-8(2,3)7-9(4,5)6;/h(H2,1,2,3)(H2,4,5,6);/p-4. The molecule has 0 saturated carbocycles. The Balaban J connectivity index is 0. The first kappa shape index (κ1) is 13.5. The van der Waals surface area contributed by atoms with E-state index in [1.165, 1.54) is 0 Å². The minimum atomic E-state index is -5.68. The van der Waals surface area contributed by atoms with Crippen molar-refractivity contribution in [1.29, 1.82) is 0 Å². The van der Waals surface area contributed by atoms with E-state index in [-0.39, 0.29) is 21.1 Å². The molecule has 10 heavy (non-hydrogen) atoms. The van der Waals surface area contributed by atoms with Gasteiger partial charge in [-0.05, 0) is 0 Å². The van der Waals surface area contributed by atoms with Crippen LogP contribution in [0.3, 0.4) is 0 Å². The summed E-state index contributed by atoms with van der Waals surface area (Å²) in [6.45, 7) is 0. The van der Waals surface area contributed by atoms with Gasteiger partial charge >= 0.3 is 0 Å². The van der Waals surface area contributed by atoms with Gasteiger partial charge in [-0.25, -0.2) is 0 Å². The van der Waals surface area contributed by atoms with E-state index >= 15 is 0 Å². The average Bonchev–Trinajstić information content (AvgIpc) is 1.14. The van der Waals surface area contributed by atoms with Crippen molar-refractivity contribution < 1.29 is 54.1 Å². The first-order valence-corrected chi connectivity index (χ1v) is 4.38. The zero-order chi connectivity index (χ0) is 7.71. The van der Waals surface area contributed by atoms with E-state index in [9.17, 15) is 28.7 Å². The summed E-state index contributed by atoms with van der Waals surface area (Å²) in [5, 5.41) is 0. The molecule has 0 rings (SSSR count). The van der Waals surface area contributed by atoms with Crippen LogP contribution in [0, 0.1) is 0 Å². The molecule has 0 aliphatic rings. The normalized spacial score (nSPS) is 12.4. The minimum Gasteiger partial charge on any atom is -0.790 e. The molecule has 0 radical (unpaired) electrons. The van der Waals surface area contributed by atoms with Gasteiger partial charge in [-0.15, -0.1) is 0 Å². The monoisotopic (exact) mass is 358 g/mol. The summed E-state index contributed by atoms with van der Waals surface area (Å²) in [6.07, 6.45) is 0. The molecule has 0 saturated heterocycles. The van der Waals surface area contributed by atoms with Crippen LogP contribution in [-0.4, -0.2) is 0 Å². The minimum absolute atomic E-state index is 0. The topological polar surface area (TPSA) is 136 Å². The Morgan fingerprint density at radius 1 is 0.900 bits per heavy atom. The van der Waals surface area contributed by atoms with Crippen LogP contribution in [0.2, 0.25) is 0 Å². The van der Waals surface area contributed by atoms with Gasteiger partial charge < -0.3 is 33.0 Å². The van der Waals surface area contributed by atoms with E-state index in [0.29, 0.717) is 0 Å². The molecule has 0 bridgehead atoms. The summed E-state index contributed by atoms with van der Waals surface area (Å²) < 4.78 is 21.2. The molecule has 0 spiro atoms. The van der Waals surface area contributed by atoms with Gasteiger partial charge in [0.2, 0.25) is 0 Å². The Bertz CT molecular complexity index is 152. The number of hydrogen-bond donors (Lipinski definition) is 0. The Morgan fingerprint density at radius 3 is 1.10 bits per heavy atom. The largest absolute Gasteiger partial charge is 0.790 e. The van der Waals surface area contributed by atoms with Crippen molar-refractivity contribution in [2.45, 2.75) is 0 Å². The smallest absolute Gasteiger partial charge is 0.0655 e. The molecule has 0 aromatic carbocycles. The maximum absolute atomic E-state index is 9.32. The van der Waals surface area contributed by atoms with Crippen LogP contribution in [0.1, 0.15) is 0 Å². The van der Waals surface area contributed by atoms with Crippen molar-refractivity contribution in [2.24, 2.45) is 0 Å². The first-order valence-electron chi connectivity index (χ1n) is 1.46. The van der Waals surface area contributed by atoms with Crippen LogP contribution in [-0.2, 0) is 34.5 Å².